The molecule has 0 aromatic heterocycles. The van der Waals surface area contributed by atoms with Crippen molar-refractivity contribution in [1.29, 1.82) is 5.41 Å². The number of piperidine rings is 1. The lowest BCUT2D eigenvalue weighted by Gasteiger charge is -2.58. The van der Waals surface area contributed by atoms with Crippen molar-refractivity contribution >= 4 is 52.1 Å². The van der Waals surface area contributed by atoms with Crippen molar-refractivity contribution in [1.82, 2.24) is 25.8 Å². The number of guanidine groups is 1. The molecule has 1 spiro atoms. The molecule has 5 aliphatic rings. The fourth-order valence-electron chi connectivity index (χ4n) is 9.75. The lowest BCUT2D eigenvalue weighted by atomic mass is 9.66. The van der Waals surface area contributed by atoms with Crippen LogP contribution in [0.15, 0.2) is 11.6 Å². The van der Waals surface area contributed by atoms with E-state index in [0.29, 0.717) is 38.8 Å². The molecule has 0 aromatic carbocycles. The molecule has 1 saturated carbocycles. The van der Waals surface area contributed by atoms with Gasteiger partial charge in [-0.25, -0.2) is 8.98 Å². The zero-order valence-electron chi connectivity index (χ0n) is 41.4. The van der Waals surface area contributed by atoms with Gasteiger partial charge in [0.1, 0.15) is 55.8 Å². The number of amides is 4. The minimum Gasteiger partial charge on any atom is -0.463 e. The minimum absolute atomic E-state index is 0.0121. The maximum atomic E-state index is 15.4. The van der Waals surface area contributed by atoms with Gasteiger partial charge in [0.2, 0.25) is 11.8 Å². The number of nitrogens with zero attached hydrogens (tertiary/aromatic N) is 2. The number of likely N-dealkylation sites (tertiary alicyclic amines) is 1. The average molecular weight is 1050 g/mol. The number of aliphatic hydroxyl groups excluding tert-OH is 3. The Balaban J connectivity index is 1.52. The molecule has 0 radical (unpaired) electrons. The highest BCUT2D eigenvalue weighted by atomic mass is 32.3. The van der Waals surface area contributed by atoms with E-state index in [9.17, 15) is 52.3 Å². The molecule has 27 heteroatoms. The van der Waals surface area contributed by atoms with E-state index in [4.69, 9.17) is 39.6 Å². The summed E-state index contributed by atoms with van der Waals surface area (Å²) >= 11 is 0. The molecule has 1 aliphatic carbocycles. The van der Waals surface area contributed by atoms with Crippen LogP contribution < -0.4 is 21.7 Å². The Morgan fingerprint density at radius 1 is 1.04 bits per heavy atom. The molecule has 14 atom stereocenters. The number of nitrogens with one attached hydrogen (secondary N) is 4. The zero-order valence-corrected chi connectivity index (χ0v) is 42.2. The van der Waals surface area contributed by atoms with Gasteiger partial charge in [-0.2, -0.15) is 8.42 Å². The first kappa shape index (κ1) is 58.2. The van der Waals surface area contributed by atoms with Crippen LogP contribution >= 0.6 is 0 Å². The highest BCUT2D eigenvalue weighted by molar-refractivity contribution is 7.80. The van der Waals surface area contributed by atoms with Crippen LogP contribution in [0.4, 0.5) is 4.79 Å². The van der Waals surface area contributed by atoms with E-state index >= 15 is 4.79 Å². The van der Waals surface area contributed by atoms with Crippen molar-refractivity contribution in [2.75, 3.05) is 40.0 Å². The highest BCUT2D eigenvalue weighted by Crippen LogP contribution is 2.48. The van der Waals surface area contributed by atoms with Crippen LogP contribution in [0.3, 0.4) is 0 Å². The number of hydrogen-bond donors (Lipinski definition) is 9. The van der Waals surface area contributed by atoms with Crippen LogP contribution in [0.25, 0.3) is 0 Å². The van der Waals surface area contributed by atoms with E-state index in [1.165, 1.54) is 0 Å². The number of ether oxygens (including phenoxy) is 6. The van der Waals surface area contributed by atoms with E-state index in [1.807, 2.05) is 19.9 Å². The molecule has 408 valence electrons. The first-order valence-corrected chi connectivity index (χ1v) is 26.0. The summed E-state index contributed by atoms with van der Waals surface area (Å²) in [6, 6.07) is -6.12. The summed E-state index contributed by atoms with van der Waals surface area (Å²) in [4.78, 5) is 85.7. The molecule has 72 heavy (non-hydrogen) atoms. The minimum atomic E-state index is -5.03. The van der Waals surface area contributed by atoms with Crippen molar-refractivity contribution in [3.8, 4) is 0 Å². The van der Waals surface area contributed by atoms with Gasteiger partial charge in [-0.1, -0.05) is 71.4 Å². The molecule has 26 nitrogen and oxygen atoms in total. The van der Waals surface area contributed by atoms with Crippen molar-refractivity contribution in [3.05, 3.63) is 11.6 Å². The Kier molecular flexibility index (Phi) is 21.0. The molecule has 5 rings (SSSR count). The Hall–Kier alpha value is -4.74. The Bertz CT molecular complexity index is 2080. The maximum absolute atomic E-state index is 15.4. The molecule has 4 amide bonds. The van der Waals surface area contributed by atoms with Crippen LogP contribution in [0.5, 0.6) is 0 Å². The predicted molar refractivity (Wildman–Crippen MR) is 249 cm³/mol. The summed E-state index contributed by atoms with van der Waals surface area (Å²) in [6.45, 7) is 6.43. The Morgan fingerprint density at radius 3 is 2.33 bits per heavy atom. The fraction of sp³-hybridized carbons (Fsp3) is 0.800. The van der Waals surface area contributed by atoms with Gasteiger partial charge in [-0.3, -0.25) is 33.9 Å². The number of rotatable bonds is 26. The van der Waals surface area contributed by atoms with Gasteiger partial charge in [0.15, 0.2) is 30.1 Å². The highest BCUT2D eigenvalue weighted by Gasteiger charge is 2.70. The van der Waals surface area contributed by atoms with Crippen molar-refractivity contribution < 1.29 is 89.7 Å². The lowest BCUT2D eigenvalue weighted by molar-refractivity contribution is -0.324. The van der Waals surface area contributed by atoms with E-state index in [2.05, 4.69) is 20.1 Å². The molecule has 4 fully saturated rings. The molecule has 0 aromatic rings. The molecule has 14 unspecified atom stereocenters. The van der Waals surface area contributed by atoms with Crippen LogP contribution in [0, 0.1) is 11.3 Å². The molecule has 4 aliphatic heterocycles. The quantitative estimate of drug-likeness (QED) is 0.00956. The van der Waals surface area contributed by atoms with Gasteiger partial charge in [-0.15, -0.1) is 0 Å². The maximum Gasteiger partial charge on any atom is 0.408 e. The fourth-order valence-corrected chi connectivity index (χ4v) is 10.0. The SMILES string of the molecule is CCCCCC(=O)OCC1OC(OC2CC3C(O)C4(C2)OC(=O)NC4C(C(=O)NCCC2=CCN(C(=N)N)C2)N3C(=O)C(NC(=O)C(COS(=O)(=O)O)OC)C(C)CC)C(OC(=O)CCCCC)C(O)C1O. The number of nitrogens with two attached hydrogens (primary N) is 1. The normalized spacial score (nSPS) is 30.2. The molecule has 2 bridgehead atoms. The van der Waals surface area contributed by atoms with Gasteiger partial charge in [-0.05, 0) is 31.6 Å². The van der Waals surface area contributed by atoms with Crippen molar-refractivity contribution in [2.24, 2.45) is 11.7 Å². The molecular formula is C45H73N7O19S. The van der Waals surface area contributed by atoms with Crippen molar-refractivity contribution in [2.45, 2.75) is 184 Å². The van der Waals surface area contributed by atoms with Gasteiger partial charge < -0.3 is 75.2 Å². The second kappa shape index (κ2) is 26.0. The summed E-state index contributed by atoms with van der Waals surface area (Å²) in [5.41, 5.74) is 4.51. The van der Waals surface area contributed by atoms with Crippen LogP contribution in [0.2, 0.25) is 0 Å². The second-order valence-electron chi connectivity index (χ2n) is 18.9. The Labute approximate surface area is 418 Å². The topological polar surface area (TPSA) is 375 Å². The number of fused-ring (bicyclic) bond motifs is 1. The molecule has 10 N–H and O–H groups in total. The van der Waals surface area contributed by atoms with E-state index in [0.717, 1.165) is 36.8 Å². The second-order valence-corrected chi connectivity index (χ2v) is 20.0. The largest absolute Gasteiger partial charge is 0.463 e. The number of carbonyl (C=O) groups excluding carboxylic acids is 6. The Morgan fingerprint density at radius 2 is 1.72 bits per heavy atom. The van der Waals surface area contributed by atoms with E-state index in [1.54, 1.807) is 18.7 Å². The number of carbonyl (C=O) groups is 6. The monoisotopic (exact) mass is 1050 g/mol. The number of unbranched alkanes of at least 4 members (excludes halogenated alkanes) is 4. The average Bonchev–Trinajstić information content (AvgIpc) is 3.94. The third-order valence-electron chi connectivity index (χ3n) is 13.9. The predicted octanol–water partition coefficient (Wildman–Crippen LogP) is -0.978. The van der Waals surface area contributed by atoms with Crippen LogP contribution in [-0.2, 0) is 67.0 Å². The summed E-state index contributed by atoms with van der Waals surface area (Å²) in [5, 5.41) is 50.9. The van der Waals surface area contributed by atoms with Gasteiger partial charge >= 0.3 is 28.4 Å². The lowest BCUT2D eigenvalue weighted by Crippen LogP contribution is -2.80. The van der Waals surface area contributed by atoms with Gasteiger partial charge in [0.25, 0.3) is 5.91 Å². The summed E-state index contributed by atoms with van der Waals surface area (Å²) in [7, 11) is -3.97. The van der Waals surface area contributed by atoms with Crippen LogP contribution in [0.1, 0.15) is 105 Å². The number of methoxy groups -OCH3 is 1. The van der Waals surface area contributed by atoms with Gasteiger partial charge in [0.05, 0.1) is 12.1 Å². The third-order valence-corrected chi connectivity index (χ3v) is 14.3. The molecule has 4 heterocycles. The summed E-state index contributed by atoms with van der Waals surface area (Å²) < 4.78 is 71.1. The zero-order chi connectivity index (χ0) is 53.1. The molecular weight excluding hydrogens is 975 g/mol. The first-order chi connectivity index (χ1) is 34.1. The van der Waals surface area contributed by atoms with Crippen LogP contribution in [-0.4, -0.2) is 199 Å². The standard InChI is InChI=1S/C45H73N7O19S/c1-6-9-11-13-30(53)66-22-28-34(55)35(56)36(70-31(54)14-12-10-7-2)42(69-28)68-26-19-27-38(57)45(20-26)37(50-44(61)71-45)33(40(59)48-17-15-25-16-18-51(21-25)43(46)47)52(27)41(60)32(24(4)8-3)49-39(58)29(65-5)23-67-72(62,63)64/h16,24,26-29,32-38,42,55-57H,6-15,17-23H2,1-5H3,(H3,46,47)(H,48,59)(H,49,58)(H,50,61)(H,62,63,64). The smallest absolute Gasteiger partial charge is 0.408 e. The number of alkyl carbamates (subject to hydrolysis) is 1. The molecule has 3 saturated heterocycles. The van der Waals surface area contributed by atoms with E-state index in [-0.39, 0.29) is 44.6 Å². The van der Waals surface area contributed by atoms with Crippen molar-refractivity contribution in [3.63, 3.8) is 0 Å². The summed E-state index contributed by atoms with van der Waals surface area (Å²) in [5.74, 6) is -4.97. The number of aliphatic hydroxyl groups is 3. The van der Waals surface area contributed by atoms with Gasteiger partial charge in [0, 0.05) is 46.0 Å². The summed E-state index contributed by atoms with van der Waals surface area (Å²) in [6.07, 6.45) is -8.24. The third kappa shape index (κ3) is 14.3. The number of esters is 2. The first-order valence-electron chi connectivity index (χ1n) is 24.6. The van der Waals surface area contributed by atoms with E-state index < -0.39 is 144 Å². The number of hydrogen-bond acceptors (Lipinski definition) is 19.